The molecule has 1 heteroatoms. The molecule has 1 aliphatic carbocycles. The minimum absolute atomic E-state index is 0.399. The van der Waals surface area contributed by atoms with Gasteiger partial charge in [-0.2, -0.15) is 0 Å². The van der Waals surface area contributed by atoms with E-state index in [4.69, 9.17) is 0 Å². The predicted molar refractivity (Wildman–Crippen MR) is 77.3 cm³/mol. The molecule has 0 radical (unpaired) electrons. The molecule has 0 aromatic carbocycles. The summed E-state index contributed by atoms with van der Waals surface area (Å²) in [7, 11) is 0. The Morgan fingerprint density at radius 1 is 1.24 bits per heavy atom. The summed E-state index contributed by atoms with van der Waals surface area (Å²) in [5, 5.41) is 3.67. The standard InChI is InChI=1S/C16H33N/c1-6-17-15(16(3,4)5)11-10-14-9-7-8-13(2)12-14/h13-15,17H,6-12H2,1-5H3. The van der Waals surface area contributed by atoms with E-state index in [2.05, 4.69) is 39.9 Å². The Morgan fingerprint density at radius 2 is 1.94 bits per heavy atom. The minimum Gasteiger partial charge on any atom is -0.314 e. The first kappa shape index (κ1) is 15.0. The Balaban J connectivity index is 2.35. The molecule has 0 spiro atoms. The number of rotatable bonds is 5. The van der Waals surface area contributed by atoms with Gasteiger partial charge >= 0.3 is 0 Å². The number of nitrogens with one attached hydrogen (secondary N) is 1. The van der Waals surface area contributed by atoms with Gasteiger partial charge in [0.15, 0.2) is 0 Å². The second kappa shape index (κ2) is 6.78. The molecule has 1 saturated carbocycles. The van der Waals surface area contributed by atoms with E-state index in [1.807, 2.05) is 0 Å². The fourth-order valence-electron chi connectivity index (χ4n) is 3.31. The summed E-state index contributed by atoms with van der Waals surface area (Å²) in [6, 6.07) is 0.685. The van der Waals surface area contributed by atoms with Crippen LogP contribution in [0.3, 0.4) is 0 Å². The second-order valence-electron chi connectivity index (χ2n) is 7.19. The second-order valence-corrected chi connectivity index (χ2v) is 7.19. The fourth-order valence-corrected chi connectivity index (χ4v) is 3.31. The van der Waals surface area contributed by atoms with Gasteiger partial charge in [0, 0.05) is 6.04 Å². The minimum atomic E-state index is 0.399. The Labute approximate surface area is 109 Å². The van der Waals surface area contributed by atoms with Gasteiger partial charge in [0.2, 0.25) is 0 Å². The smallest absolute Gasteiger partial charge is 0.0116 e. The van der Waals surface area contributed by atoms with E-state index in [1.54, 1.807) is 0 Å². The molecule has 0 heterocycles. The van der Waals surface area contributed by atoms with Crippen molar-refractivity contribution < 1.29 is 0 Å². The van der Waals surface area contributed by atoms with Gasteiger partial charge in [-0.15, -0.1) is 0 Å². The summed E-state index contributed by atoms with van der Waals surface area (Å²) in [5.41, 5.74) is 0.399. The van der Waals surface area contributed by atoms with Crippen LogP contribution in [0.15, 0.2) is 0 Å². The van der Waals surface area contributed by atoms with Crippen molar-refractivity contribution in [3.8, 4) is 0 Å². The van der Waals surface area contributed by atoms with Crippen LogP contribution in [-0.4, -0.2) is 12.6 Å². The average molecular weight is 239 g/mol. The first-order valence-electron chi connectivity index (χ1n) is 7.66. The molecule has 1 rings (SSSR count). The molecule has 0 amide bonds. The molecule has 3 unspecified atom stereocenters. The fraction of sp³-hybridized carbons (Fsp3) is 1.00. The van der Waals surface area contributed by atoms with Crippen LogP contribution in [0, 0.1) is 17.3 Å². The lowest BCUT2D eigenvalue weighted by Gasteiger charge is -2.34. The van der Waals surface area contributed by atoms with Crippen LogP contribution >= 0.6 is 0 Å². The largest absolute Gasteiger partial charge is 0.314 e. The van der Waals surface area contributed by atoms with Gasteiger partial charge in [-0.3, -0.25) is 0 Å². The van der Waals surface area contributed by atoms with Gasteiger partial charge in [0.05, 0.1) is 0 Å². The van der Waals surface area contributed by atoms with Crippen molar-refractivity contribution in [1.82, 2.24) is 5.32 Å². The third-order valence-corrected chi connectivity index (χ3v) is 4.40. The van der Waals surface area contributed by atoms with E-state index < -0.39 is 0 Å². The highest BCUT2D eigenvalue weighted by atomic mass is 14.9. The van der Waals surface area contributed by atoms with Crippen molar-refractivity contribution >= 4 is 0 Å². The van der Waals surface area contributed by atoms with E-state index in [-0.39, 0.29) is 0 Å². The zero-order valence-electron chi connectivity index (χ0n) is 12.7. The molecule has 0 aliphatic heterocycles. The molecule has 0 bridgehead atoms. The highest BCUT2D eigenvalue weighted by molar-refractivity contribution is 4.82. The third-order valence-electron chi connectivity index (χ3n) is 4.40. The van der Waals surface area contributed by atoms with E-state index in [0.29, 0.717) is 11.5 Å². The van der Waals surface area contributed by atoms with Crippen LogP contribution in [0.4, 0.5) is 0 Å². The molecule has 17 heavy (non-hydrogen) atoms. The highest BCUT2D eigenvalue weighted by Gasteiger charge is 2.25. The van der Waals surface area contributed by atoms with Crippen LogP contribution < -0.4 is 5.32 Å². The van der Waals surface area contributed by atoms with Crippen molar-refractivity contribution in [2.45, 2.75) is 79.2 Å². The first-order chi connectivity index (χ1) is 7.93. The van der Waals surface area contributed by atoms with Crippen LogP contribution in [0.25, 0.3) is 0 Å². The Kier molecular flexibility index (Phi) is 5.99. The van der Waals surface area contributed by atoms with Gasteiger partial charge in [0.1, 0.15) is 0 Å². The van der Waals surface area contributed by atoms with Gasteiger partial charge < -0.3 is 5.32 Å². The zero-order chi connectivity index (χ0) is 12.9. The first-order valence-corrected chi connectivity index (χ1v) is 7.66. The van der Waals surface area contributed by atoms with Gasteiger partial charge in [-0.05, 0) is 43.1 Å². The van der Waals surface area contributed by atoms with Gasteiger partial charge in [-0.1, -0.05) is 53.9 Å². The summed E-state index contributed by atoms with van der Waals surface area (Å²) < 4.78 is 0. The van der Waals surface area contributed by atoms with Crippen molar-refractivity contribution in [2.75, 3.05) is 6.54 Å². The molecule has 1 aliphatic rings. The lowest BCUT2D eigenvalue weighted by molar-refractivity contribution is 0.212. The SMILES string of the molecule is CCNC(CCC1CCCC(C)C1)C(C)(C)C. The molecule has 0 saturated heterocycles. The van der Waals surface area contributed by atoms with Crippen LogP contribution in [0.5, 0.6) is 0 Å². The van der Waals surface area contributed by atoms with Gasteiger partial charge in [-0.25, -0.2) is 0 Å². The molecule has 3 atom stereocenters. The molecular weight excluding hydrogens is 206 g/mol. The van der Waals surface area contributed by atoms with E-state index in [0.717, 1.165) is 18.4 Å². The topological polar surface area (TPSA) is 12.0 Å². The summed E-state index contributed by atoms with van der Waals surface area (Å²) >= 11 is 0. The van der Waals surface area contributed by atoms with Crippen LogP contribution in [0.1, 0.15) is 73.1 Å². The number of hydrogen-bond acceptors (Lipinski definition) is 1. The lowest BCUT2D eigenvalue weighted by atomic mass is 9.77. The van der Waals surface area contributed by atoms with Crippen molar-refractivity contribution in [3.05, 3.63) is 0 Å². The Bertz CT molecular complexity index is 204. The maximum Gasteiger partial charge on any atom is 0.0116 e. The summed E-state index contributed by atoms with van der Waals surface area (Å²) in [5.74, 6) is 1.98. The third kappa shape index (κ3) is 5.42. The highest BCUT2D eigenvalue weighted by Crippen LogP contribution is 2.33. The Hall–Kier alpha value is -0.0400. The Morgan fingerprint density at radius 3 is 2.47 bits per heavy atom. The summed E-state index contributed by atoms with van der Waals surface area (Å²) in [6.07, 6.45) is 8.67. The molecular formula is C16H33N. The quantitative estimate of drug-likeness (QED) is 0.738. The number of hydrogen-bond donors (Lipinski definition) is 1. The molecule has 1 fully saturated rings. The molecule has 1 N–H and O–H groups in total. The lowest BCUT2D eigenvalue weighted by Crippen LogP contribution is -2.40. The normalized spacial score (nSPS) is 28.1. The predicted octanol–water partition coefficient (Wildman–Crippen LogP) is 4.62. The van der Waals surface area contributed by atoms with E-state index in [1.165, 1.54) is 38.5 Å². The van der Waals surface area contributed by atoms with Gasteiger partial charge in [0.25, 0.3) is 0 Å². The van der Waals surface area contributed by atoms with Crippen LogP contribution in [-0.2, 0) is 0 Å². The summed E-state index contributed by atoms with van der Waals surface area (Å²) in [6.45, 7) is 12.8. The van der Waals surface area contributed by atoms with E-state index in [9.17, 15) is 0 Å². The molecule has 0 aromatic heterocycles. The average Bonchev–Trinajstić information content (AvgIpc) is 2.22. The van der Waals surface area contributed by atoms with Crippen molar-refractivity contribution in [1.29, 1.82) is 0 Å². The van der Waals surface area contributed by atoms with Crippen molar-refractivity contribution in [3.63, 3.8) is 0 Å². The summed E-state index contributed by atoms with van der Waals surface area (Å²) in [4.78, 5) is 0. The molecule has 0 aromatic rings. The van der Waals surface area contributed by atoms with Crippen LogP contribution in [0.2, 0.25) is 0 Å². The monoisotopic (exact) mass is 239 g/mol. The van der Waals surface area contributed by atoms with Crippen molar-refractivity contribution in [2.24, 2.45) is 17.3 Å². The molecule has 102 valence electrons. The van der Waals surface area contributed by atoms with E-state index >= 15 is 0 Å². The zero-order valence-corrected chi connectivity index (χ0v) is 12.7. The maximum atomic E-state index is 3.67. The molecule has 1 nitrogen and oxygen atoms in total. The maximum absolute atomic E-state index is 3.67.